The first-order valence-corrected chi connectivity index (χ1v) is 13.6. The van der Waals surface area contributed by atoms with Gasteiger partial charge in [-0.3, -0.25) is 0 Å². The van der Waals surface area contributed by atoms with E-state index in [0.29, 0.717) is 29.5 Å². The Morgan fingerprint density at radius 1 is 0.714 bits per heavy atom. The van der Waals surface area contributed by atoms with E-state index >= 15 is 0 Å². The van der Waals surface area contributed by atoms with Crippen molar-refractivity contribution in [2.45, 2.75) is 35.2 Å². The van der Waals surface area contributed by atoms with Crippen LogP contribution in [0.2, 0.25) is 0 Å². The van der Waals surface area contributed by atoms with Gasteiger partial charge in [0.05, 0.1) is 4.90 Å². The molecule has 0 bridgehead atoms. The van der Waals surface area contributed by atoms with E-state index in [1.165, 1.54) is 12.1 Å². The fourth-order valence-corrected chi connectivity index (χ4v) is 6.00. The lowest BCUT2D eigenvalue weighted by Gasteiger charge is -2.23. The second kappa shape index (κ2) is 8.99. The fraction of sp³-hybridized carbons (Fsp3) is 0.217. The van der Waals surface area contributed by atoms with E-state index in [1.807, 2.05) is 0 Å². The highest BCUT2D eigenvalue weighted by molar-refractivity contribution is 7.90. The molecule has 1 aliphatic rings. The molecule has 0 aromatic heterocycles. The maximum atomic E-state index is 14.3. The van der Waals surface area contributed by atoms with Gasteiger partial charge in [0, 0.05) is 18.8 Å². The summed E-state index contributed by atoms with van der Waals surface area (Å²) in [6.45, 7) is -0.347. The van der Waals surface area contributed by atoms with Gasteiger partial charge in [0.1, 0.15) is 0 Å². The van der Waals surface area contributed by atoms with Crippen LogP contribution < -0.4 is 0 Å². The van der Waals surface area contributed by atoms with Crippen LogP contribution in [0.3, 0.4) is 0 Å². The molecule has 1 aliphatic carbocycles. The van der Waals surface area contributed by atoms with Crippen LogP contribution in [0, 0.1) is 29.1 Å². The fourth-order valence-electron chi connectivity index (χ4n) is 3.58. The van der Waals surface area contributed by atoms with Crippen LogP contribution in [0.4, 0.5) is 22.0 Å². The minimum absolute atomic E-state index is 0.149. The van der Waals surface area contributed by atoms with Crippen molar-refractivity contribution in [3.05, 3.63) is 83.2 Å². The van der Waals surface area contributed by atoms with E-state index in [0.717, 1.165) is 10.6 Å². The molecule has 1 fully saturated rings. The summed E-state index contributed by atoms with van der Waals surface area (Å²) >= 11 is 0. The minimum Gasteiger partial charge on any atom is -0.224 e. The molecule has 0 N–H and O–H groups in total. The van der Waals surface area contributed by atoms with E-state index < -0.39 is 59.9 Å². The highest BCUT2D eigenvalue weighted by Gasteiger charge is 2.43. The summed E-state index contributed by atoms with van der Waals surface area (Å²) in [6, 6.07) is 11.9. The summed E-state index contributed by atoms with van der Waals surface area (Å²) in [7, 11) is -8.42. The Kier molecular flexibility index (Phi) is 6.49. The molecule has 0 spiro atoms. The van der Waals surface area contributed by atoms with E-state index in [1.54, 1.807) is 36.4 Å². The smallest absolute Gasteiger partial charge is 0.224 e. The number of rotatable bonds is 7. The maximum Gasteiger partial charge on any atom is 0.249 e. The number of nitrogens with zero attached hydrogens (tertiary/aromatic N) is 1. The van der Waals surface area contributed by atoms with Crippen molar-refractivity contribution in [1.82, 2.24) is 4.31 Å². The van der Waals surface area contributed by atoms with Gasteiger partial charge in [0.25, 0.3) is 0 Å². The number of hydrogen-bond acceptors (Lipinski definition) is 4. The molecule has 3 aromatic rings. The number of benzene rings is 3. The molecular formula is C23H18F5NO4S2. The monoisotopic (exact) mass is 531 g/mol. The lowest BCUT2D eigenvalue weighted by Crippen LogP contribution is -2.34. The third-order valence-corrected chi connectivity index (χ3v) is 8.65. The summed E-state index contributed by atoms with van der Waals surface area (Å²) < 4.78 is 119. The Balaban J connectivity index is 1.64. The number of sulfonamides is 1. The first-order valence-electron chi connectivity index (χ1n) is 10.2. The predicted octanol–water partition coefficient (Wildman–Crippen LogP) is 4.81. The highest BCUT2D eigenvalue weighted by atomic mass is 32.2. The zero-order valence-corrected chi connectivity index (χ0v) is 19.7. The van der Waals surface area contributed by atoms with Crippen molar-refractivity contribution in [1.29, 1.82) is 0 Å². The molecule has 0 heterocycles. The molecule has 12 heteroatoms. The zero-order chi connectivity index (χ0) is 25.7. The average Bonchev–Trinajstić information content (AvgIpc) is 3.65. The zero-order valence-electron chi connectivity index (χ0n) is 18.1. The van der Waals surface area contributed by atoms with Crippen LogP contribution in [-0.4, -0.2) is 33.4 Å². The molecule has 3 aromatic carbocycles. The quantitative estimate of drug-likeness (QED) is 0.249. The van der Waals surface area contributed by atoms with Gasteiger partial charge in [-0.2, -0.15) is 4.31 Å². The molecule has 1 saturated carbocycles. The second-order valence-corrected chi connectivity index (χ2v) is 12.0. The van der Waals surface area contributed by atoms with Crippen molar-refractivity contribution in [2.75, 3.05) is 6.26 Å². The van der Waals surface area contributed by atoms with Gasteiger partial charge in [-0.15, -0.1) is 0 Å². The van der Waals surface area contributed by atoms with Crippen LogP contribution in [0.25, 0.3) is 11.1 Å². The standard InChI is InChI=1S/C23H18F5NO4S2/c1-34(30,31)17-10-6-15(7-11-17)14-4-2-13(3-5-14)12-29(16-8-9-16)35(32,33)23-21(27)19(25)18(24)20(26)22(23)28/h2-7,10-11,16H,8-9,12H2,1H3. The third-order valence-electron chi connectivity index (χ3n) is 5.60. The Morgan fingerprint density at radius 2 is 1.14 bits per heavy atom. The highest BCUT2D eigenvalue weighted by Crippen LogP contribution is 2.37. The van der Waals surface area contributed by atoms with Gasteiger partial charge >= 0.3 is 0 Å². The van der Waals surface area contributed by atoms with Gasteiger partial charge in [0.15, 0.2) is 38.0 Å². The normalized spacial score (nSPS) is 14.5. The van der Waals surface area contributed by atoms with Crippen molar-refractivity contribution < 1.29 is 38.8 Å². The van der Waals surface area contributed by atoms with Crippen LogP contribution >= 0.6 is 0 Å². The van der Waals surface area contributed by atoms with Crippen LogP contribution in [0.1, 0.15) is 18.4 Å². The van der Waals surface area contributed by atoms with Gasteiger partial charge in [0.2, 0.25) is 15.8 Å². The largest absolute Gasteiger partial charge is 0.249 e. The Labute approximate surface area is 198 Å². The van der Waals surface area contributed by atoms with Gasteiger partial charge in [-0.1, -0.05) is 36.4 Å². The summed E-state index contributed by atoms with van der Waals surface area (Å²) in [6.07, 6.45) is 1.84. The van der Waals surface area contributed by atoms with E-state index in [4.69, 9.17) is 0 Å². The average molecular weight is 532 g/mol. The third kappa shape index (κ3) is 4.82. The molecule has 0 radical (unpaired) electrons. The van der Waals surface area contributed by atoms with Crippen molar-refractivity contribution in [3.8, 4) is 11.1 Å². The van der Waals surface area contributed by atoms with Crippen molar-refractivity contribution in [2.24, 2.45) is 0 Å². The molecule has 4 rings (SSSR count). The molecule has 35 heavy (non-hydrogen) atoms. The molecule has 0 atom stereocenters. The first-order chi connectivity index (χ1) is 16.3. The lowest BCUT2D eigenvalue weighted by atomic mass is 10.0. The van der Waals surface area contributed by atoms with Crippen LogP contribution in [0.15, 0.2) is 58.3 Å². The molecule has 0 saturated heterocycles. The summed E-state index contributed by atoms with van der Waals surface area (Å²) in [5.74, 6) is -11.9. The topological polar surface area (TPSA) is 71.5 Å². The Bertz CT molecular complexity index is 1470. The Hall–Kier alpha value is -2.83. The molecular weight excluding hydrogens is 513 g/mol. The molecule has 186 valence electrons. The van der Waals surface area contributed by atoms with Gasteiger partial charge < -0.3 is 0 Å². The van der Waals surface area contributed by atoms with Crippen molar-refractivity contribution in [3.63, 3.8) is 0 Å². The number of halogens is 5. The summed E-state index contributed by atoms with van der Waals surface area (Å²) in [5.41, 5.74) is 1.80. The van der Waals surface area contributed by atoms with Crippen LogP contribution in [-0.2, 0) is 26.4 Å². The molecule has 0 aliphatic heterocycles. The second-order valence-electron chi connectivity index (χ2n) is 8.17. The maximum absolute atomic E-state index is 14.3. The molecule has 0 amide bonds. The number of sulfone groups is 1. The molecule has 5 nitrogen and oxygen atoms in total. The Morgan fingerprint density at radius 3 is 1.57 bits per heavy atom. The first kappa shape index (κ1) is 25.3. The SMILES string of the molecule is CS(=O)(=O)c1ccc(-c2ccc(CN(C3CC3)S(=O)(=O)c3c(F)c(F)c(F)c(F)c3F)cc2)cc1. The molecule has 0 unspecified atom stereocenters. The summed E-state index contributed by atoms with van der Waals surface area (Å²) in [5, 5.41) is 0. The van der Waals surface area contributed by atoms with Gasteiger partial charge in [-0.25, -0.2) is 38.8 Å². The minimum atomic E-state index is -5.06. The van der Waals surface area contributed by atoms with E-state index in [-0.39, 0.29) is 11.4 Å². The lowest BCUT2D eigenvalue weighted by molar-refractivity contribution is 0.346. The number of hydrogen-bond donors (Lipinski definition) is 0. The van der Waals surface area contributed by atoms with Gasteiger partial charge in [-0.05, 0) is 41.7 Å². The van der Waals surface area contributed by atoms with Crippen LogP contribution in [0.5, 0.6) is 0 Å². The van der Waals surface area contributed by atoms with Crippen molar-refractivity contribution >= 4 is 19.9 Å². The van der Waals surface area contributed by atoms with E-state index in [2.05, 4.69) is 0 Å². The van der Waals surface area contributed by atoms with E-state index in [9.17, 15) is 38.8 Å². The summed E-state index contributed by atoms with van der Waals surface area (Å²) in [4.78, 5) is -1.72. The predicted molar refractivity (Wildman–Crippen MR) is 117 cm³/mol.